The van der Waals surface area contributed by atoms with E-state index in [4.69, 9.17) is 0 Å². The van der Waals surface area contributed by atoms with Gasteiger partial charge in [-0.2, -0.15) is 0 Å². The molecule has 0 bridgehead atoms. The third kappa shape index (κ3) is 2.38. The minimum atomic E-state index is -0.218. The molecule has 18 heavy (non-hydrogen) atoms. The van der Waals surface area contributed by atoms with E-state index in [0.29, 0.717) is 0 Å². The van der Waals surface area contributed by atoms with Crippen molar-refractivity contribution >= 4 is 11.0 Å². The molecule has 4 heteroatoms. The van der Waals surface area contributed by atoms with E-state index in [-0.39, 0.29) is 5.82 Å². The Kier molecular flexibility index (Phi) is 3.04. The van der Waals surface area contributed by atoms with E-state index in [1.807, 2.05) is 0 Å². The maximum atomic E-state index is 13.1. The van der Waals surface area contributed by atoms with E-state index >= 15 is 0 Å². The molecule has 1 N–H and O–H groups in total. The van der Waals surface area contributed by atoms with Gasteiger partial charge in [0.25, 0.3) is 0 Å². The number of H-pyrrole nitrogens is 1. The molecule has 1 aromatic carbocycles. The van der Waals surface area contributed by atoms with Crippen molar-refractivity contribution in [1.82, 2.24) is 14.9 Å². The van der Waals surface area contributed by atoms with Gasteiger partial charge in [-0.15, -0.1) is 0 Å². The van der Waals surface area contributed by atoms with Crippen LogP contribution in [0.15, 0.2) is 18.2 Å². The highest BCUT2D eigenvalue weighted by Gasteiger charge is 2.16. The summed E-state index contributed by atoms with van der Waals surface area (Å²) in [6.07, 6.45) is 2.52. The average molecular weight is 247 g/mol. The fourth-order valence-corrected chi connectivity index (χ4v) is 2.54. The van der Waals surface area contributed by atoms with Crippen LogP contribution >= 0.6 is 0 Å². The van der Waals surface area contributed by atoms with Crippen molar-refractivity contribution < 1.29 is 4.39 Å². The van der Waals surface area contributed by atoms with Crippen molar-refractivity contribution in [3.63, 3.8) is 0 Å². The molecule has 0 saturated carbocycles. The Bertz CT molecular complexity index is 541. The number of rotatable bonds is 2. The van der Waals surface area contributed by atoms with Gasteiger partial charge in [-0.25, -0.2) is 9.37 Å². The van der Waals surface area contributed by atoms with Crippen molar-refractivity contribution in [1.29, 1.82) is 0 Å². The van der Waals surface area contributed by atoms with Crippen molar-refractivity contribution in [3.05, 3.63) is 29.8 Å². The number of halogens is 1. The smallest absolute Gasteiger partial charge is 0.125 e. The normalized spacial score (nSPS) is 18.6. The van der Waals surface area contributed by atoms with Crippen molar-refractivity contribution in [2.75, 3.05) is 13.1 Å². The number of likely N-dealkylation sites (tertiary alicyclic amines) is 1. The highest BCUT2D eigenvalue weighted by atomic mass is 19.1. The quantitative estimate of drug-likeness (QED) is 0.884. The fourth-order valence-electron chi connectivity index (χ4n) is 2.54. The van der Waals surface area contributed by atoms with Gasteiger partial charge < -0.3 is 4.98 Å². The van der Waals surface area contributed by atoms with Crippen LogP contribution in [-0.2, 0) is 6.54 Å². The van der Waals surface area contributed by atoms with Crippen molar-refractivity contribution in [3.8, 4) is 0 Å². The number of benzene rings is 1. The highest BCUT2D eigenvalue weighted by molar-refractivity contribution is 5.74. The summed E-state index contributed by atoms with van der Waals surface area (Å²) in [5.41, 5.74) is 1.63. The lowest BCUT2D eigenvalue weighted by Crippen LogP contribution is -2.32. The van der Waals surface area contributed by atoms with Gasteiger partial charge in [0.05, 0.1) is 17.6 Å². The molecule has 1 fully saturated rings. The summed E-state index contributed by atoms with van der Waals surface area (Å²) in [6.45, 7) is 5.41. The number of nitrogens with zero attached hydrogens (tertiary/aromatic N) is 2. The number of nitrogens with one attached hydrogen (secondary N) is 1. The second-order valence-electron chi connectivity index (χ2n) is 5.30. The molecular weight excluding hydrogens is 229 g/mol. The Hall–Kier alpha value is -1.42. The van der Waals surface area contributed by atoms with Gasteiger partial charge in [0.1, 0.15) is 11.6 Å². The van der Waals surface area contributed by atoms with Crippen LogP contribution in [0.4, 0.5) is 4.39 Å². The van der Waals surface area contributed by atoms with E-state index in [2.05, 4.69) is 21.8 Å². The first-order valence-corrected chi connectivity index (χ1v) is 6.57. The predicted octanol–water partition coefficient (Wildman–Crippen LogP) is 2.93. The topological polar surface area (TPSA) is 31.9 Å². The van der Waals surface area contributed by atoms with Crippen LogP contribution < -0.4 is 0 Å². The van der Waals surface area contributed by atoms with Gasteiger partial charge in [-0.3, -0.25) is 4.90 Å². The molecule has 0 aliphatic carbocycles. The fraction of sp³-hybridized carbons (Fsp3) is 0.500. The summed E-state index contributed by atoms with van der Waals surface area (Å²) in [5.74, 6) is 1.56. The van der Waals surface area contributed by atoms with Crippen LogP contribution in [0.3, 0.4) is 0 Å². The number of hydrogen-bond donors (Lipinski definition) is 1. The molecule has 1 aliphatic rings. The average Bonchev–Trinajstić information content (AvgIpc) is 2.73. The van der Waals surface area contributed by atoms with Crippen LogP contribution in [0, 0.1) is 11.7 Å². The standard InChI is InChI=1S/C14H18FN3/c1-10-4-6-18(7-5-10)9-14-16-12-3-2-11(15)8-13(12)17-14/h2-3,8,10H,4-7,9H2,1H3,(H,16,17). The summed E-state index contributed by atoms with van der Waals surface area (Å²) in [5, 5.41) is 0. The van der Waals surface area contributed by atoms with E-state index in [0.717, 1.165) is 42.4 Å². The van der Waals surface area contributed by atoms with Crippen molar-refractivity contribution in [2.45, 2.75) is 26.3 Å². The Morgan fingerprint density at radius 1 is 1.39 bits per heavy atom. The second kappa shape index (κ2) is 4.69. The van der Waals surface area contributed by atoms with Crippen LogP contribution in [0.25, 0.3) is 11.0 Å². The zero-order valence-electron chi connectivity index (χ0n) is 10.6. The summed E-state index contributed by atoms with van der Waals surface area (Å²) >= 11 is 0. The third-order valence-electron chi connectivity index (χ3n) is 3.74. The maximum absolute atomic E-state index is 13.1. The molecule has 3 rings (SSSR count). The molecule has 1 saturated heterocycles. The summed E-state index contributed by atoms with van der Waals surface area (Å²) in [7, 11) is 0. The molecule has 3 nitrogen and oxygen atoms in total. The van der Waals surface area contributed by atoms with Crippen LogP contribution in [0.2, 0.25) is 0 Å². The summed E-state index contributed by atoms with van der Waals surface area (Å²) in [6, 6.07) is 4.68. The van der Waals surface area contributed by atoms with E-state index in [1.165, 1.54) is 25.0 Å². The third-order valence-corrected chi connectivity index (χ3v) is 3.74. The van der Waals surface area contributed by atoms with Crippen LogP contribution in [0.1, 0.15) is 25.6 Å². The van der Waals surface area contributed by atoms with Gasteiger partial charge in [-0.1, -0.05) is 6.92 Å². The van der Waals surface area contributed by atoms with Crippen molar-refractivity contribution in [2.24, 2.45) is 5.92 Å². The molecular formula is C14H18FN3. The Labute approximate surface area is 106 Å². The van der Waals surface area contributed by atoms with E-state index < -0.39 is 0 Å². The maximum Gasteiger partial charge on any atom is 0.125 e. The number of fused-ring (bicyclic) bond motifs is 1. The molecule has 2 heterocycles. The first-order valence-electron chi connectivity index (χ1n) is 6.57. The van der Waals surface area contributed by atoms with Crippen LogP contribution in [-0.4, -0.2) is 28.0 Å². The SMILES string of the molecule is CC1CCN(Cc2nc3ccc(F)cc3[nH]2)CC1. The van der Waals surface area contributed by atoms with E-state index in [9.17, 15) is 4.39 Å². The molecule has 2 aromatic rings. The van der Waals surface area contributed by atoms with E-state index in [1.54, 1.807) is 6.07 Å². The molecule has 0 amide bonds. The number of piperidine rings is 1. The highest BCUT2D eigenvalue weighted by Crippen LogP contribution is 2.19. The molecule has 1 aromatic heterocycles. The zero-order chi connectivity index (χ0) is 12.5. The summed E-state index contributed by atoms with van der Waals surface area (Å²) in [4.78, 5) is 10.1. The number of aromatic amines is 1. The zero-order valence-corrected chi connectivity index (χ0v) is 10.6. The predicted molar refractivity (Wildman–Crippen MR) is 69.7 cm³/mol. The Morgan fingerprint density at radius 2 is 2.17 bits per heavy atom. The molecule has 96 valence electrons. The number of hydrogen-bond acceptors (Lipinski definition) is 2. The molecule has 0 radical (unpaired) electrons. The minimum Gasteiger partial charge on any atom is -0.341 e. The summed E-state index contributed by atoms with van der Waals surface area (Å²) < 4.78 is 13.1. The van der Waals surface area contributed by atoms with Gasteiger partial charge >= 0.3 is 0 Å². The lowest BCUT2D eigenvalue weighted by Gasteiger charge is -2.29. The lowest BCUT2D eigenvalue weighted by atomic mass is 9.99. The van der Waals surface area contributed by atoms with Gasteiger partial charge in [0, 0.05) is 0 Å². The van der Waals surface area contributed by atoms with Gasteiger partial charge in [-0.05, 0) is 50.0 Å². The molecule has 0 spiro atoms. The molecule has 0 atom stereocenters. The first kappa shape index (κ1) is 11.7. The Balaban J connectivity index is 1.74. The monoisotopic (exact) mass is 247 g/mol. The Morgan fingerprint density at radius 3 is 2.94 bits per heavy atom. The van der Waals surface area contributed by atoms with Gasteiger partial charge in [0.15, 0.2) is 0 Å². The minimum absolute atomic E-state index is 0.218. The second-order valence-corrected chi connectivity index (χ2v) is 5.30. The molecule has 0 unspecified atom stereocenters. The largest absolute Gasteiger partial charge is 0.341 e. The van der Waals surface area contributed by atoms with Crippen LogP contribution in [0.5, 0.6) is 0 Å². The number of imidazole rings is 1. The first-order chi connectivity index (χ1) is 8.70. The number of aromatic nitrogens is 2. The lowest BCUT2D eigenvalue weighted by molar-refractivity contribution is 0.182. The van der Waals surface area contributed by atoms with Gasteiger partial charge in [0.2, 0.25) is 0 Å². The molecule has 1 aliphatic heterocycles.